The Kier molecular flexibility index (Phi) is 2.61. The van der Waals surface area contributed by atoms with Crippen LogP contribution < -0.4 is 5.73 Å². The van der Waals surface area contributed by atoms with Crippen LogP contribution in [0.3, 0.4) is 0 Å². The standard InChI is InChI=1S/C9H13N3S/c10-4-2-1-3-8-7-12-5-6-13-9(12)11-8/h5-7H,1-4,10H2. The van der Waals surface area contributed by atoms with Crippen LogP contribution in [-0.2, 0) is 6.42 Å². The first kappa shape index (κ1) is 8.72. The number of rotatable bonds is 4. The minimum absolute atomic E-state index is 0.780. The number of nitrogens with two attached hydrogens (primary N) is 1. The molecular formula is C9H13N3S. The molecule has 13 heavy (non-hydrogen) atoms. The van der Waals surface area contributed by atoms with Gasteiger partial charge in [0.2, 0.25) is 0 Å². The normalized spacial score (nSPS) is 11.2. The van der Waals surface area contributed by atoms with Crippen LogP contribution in [0.4, 0.5) is 0 Å². The monoisotopic (exact) mass is 195 g/mol. The van der Waals surface area contributed by atoms with Gasteiger partial charge in [-0.2, -0.15) is 0 Å². The van der Waals surface area contributed by atoms with E-state index in [2.05, 4.69) is 15.6 Å². The first-order valence-corrected chi connectivity index (χ1v) is 5.39. The van der Waals surface area contributed by atoms with Crippen molar-refractivity contribution in [3.8, 4) is 0 Å². The second-order valence-electron chi connectivity index (χ2n) is 3.07. The predicted octanol–water partition coefficient (Wildman–Crippen LogP) is 1.68. The lowest BCUT2D eigenvalue weighted by atomic mass is 10.2. The smallest absolute Gasteiger partial charge is 0.193 e. The lowest BCUT2D eigenvalue weighted by molar-refractivity contribution is 0.735. The quantitative estimate of drug-likeness (QED) is 0.754. The summed E-state index contributed by atoms with van der Waals surface area (Å²) in [6.07, 6.45) is 7.42. The Balaban J connectivity index is 2.03. The van der Waals surface area contributed by atoms with Gasteiger partial charge in [0, 0.05) is 17.8 Å². The molecule has 3 nitrogen and oxygen atoms in total. The maximum absolute atomic E-state index is 5.42. The molecule has 0 atom stereocenters. The molecule has 0 saturated heterocycles. The van der Waals surface area contributed by atoms with Crippen LogP contribution in [0.1, 0.15) is 18.5 Å². The summed E-state index contributed by atoms with van der Waals surface area (Å²) < 4.78 is 2.07. The summed E-state index contributed by atoms with van der Waals surface area (Å²) in [5.74, 6) is 0. The van der Waals surface area contributed by atoms with Gasteiger partial charge in [-0.25, -0.2) is 4.98 Å². The van der Waals surface area contributed by atoms with E-state index in [-0.39, 0.29) is 0 Å². The first-order valence-electron chi connectivity index (χ1n) is 4.51. The average Bonchev–Trinajstić information content (AvgIpc) is 2.64. The second kappa shape index (κ2) is 3.89. The van der Waals surface area contributed by atoms with Crippen LogP contribution in [-0.4, -0.2) is 15.9 Å². The summed E-state index contributed by atoms with van der Waals surface area (Å²) in [6.45, 7) is 0.780. The number of nitrogens with zero attached hydrogens (tertiary/aromatic N) is 2. The summed E-state index contributed by atoms with van der Waals surface area (Å²) in [5, 5.41) is 2.05. The highest BCUT2D eigenvalue weighted by molar-refractivity contribution is 7.15. The molecule has 0 spiro atoms. The van der Waals surface area contributed by atoms with Crippen molar-refractivity contribution in [3.05, 3.63) is 23.5 Å². The zero-order valence-electron chi connectivity index (χ0n) is 7.44. The van der Waals surface area contributed by atoms with Crippen molar-refractivity contribution in [2.45, 2.75) is 19.3 Å². The molecule has 2 aromatic rings. The van der Waals surface area contributed by atoms with Crippen LogP contribution >= 0.6 is 11.3 Å². The van der Waals surface area contributed by atoms with E-state index >= 15 is 0 Å². The van der Waals surface area contributed by atoms with Gasteiger partial charge in [-0.05, 0) is 25.8 Å². The largest absolute Gasteiger partial charge is 0.330 e. The van der Waals surface area contributed by atoms with Crippen molar-refractivity contribution in [2.24, 2.45) is 5.73 Å². The Morgan fingerprint density at radius 3 is 3.15 bits per heavy atom. The minimum Gasteiger partial charge on any atom is -0.330 e. The van der Waals surface area contributed by atoms with Crippen LogP contribution in [0, 0.1) is 0 Å². The third-order valence-electron chi connectivity index (χ3n) is 2.03. The molecule has 0 fully saturated rings. The van der Waals surface area contributed by atoms with Crippen molar-refractivity contribution in [1.29, 1.82) is 0 Å². The lowest BCUT2D eigenvalue weighted by Gasteiger charge is -1.93. The summed E-state index contributed by atoms with van der Waals surface area (Å²) in [6, 6.07) is 0. The molecule has 0 unspecified atom stereocenters. The van der Waals surface area contributed by atoms with Gasteiger partial charge < -0.3 is 5.73 Å². The average molecular weight is 195 g/mol. The molecule has 70 valence electrons. The number of aromatic nitrogens is 2. The van der Waals surface area contributed by atoms with Crippen molar-refractivity contribution in [2.75, 3.05) is 6.54 Å². The topological polar surface area (TPSA) is 43.3 Å². The van der Waals surface area contributed by atoms with Gasteiger partial charge in [0.05, 0.1) is 5.69 Å². The molecule has 2 N–H and O–H groups in total. The predicted molar refractivity (Wildman–Crippen MR) is 55.1 cm³/mol. The third-order valence-corrected chi connectivity index (χ3v) is 2.80. The van der Waals surface area contributed by atoms with Crippen molar-refractivity contribution in [1.82, 2.24) is 9.38 Å². The fourth-order valence-corrected chi connectivity index (χ4v) is 2.07. The third kappa shape index (κ3) is 1.89. The number of thiazole rings is 1. The van der Waals surface area contributed by atoms with Gasteiger partial charge in [-0.3, -0.25) is 4.40 Å². The minimum atomic E-state index is 0.780. The fourth-order valence-electron chi connectivity index (χ4n) is 1.35. The maximum Gasteiger partial charge on any atom is 0.193 e. The summed E-state index contributed by atoms with van der Waals surface area (Å²) in [4.78, 5) is 5.57. The number of hydrogen-bond acceptors (Lipinski definition) is 3. The Labute approximate surface area is 81.2 Å². The summed E-state index contributed by atoms with van der Waals surface area (Å²) >= 11 is 1.67. The molecule has 2 rings (SSSR count). The van der Waals surface area contributed by atoms with Crippen LogP contribution in [0.2, 0.25) is 0 Å². The zero-order chi connectivity index (χ0) is 9.10. The van der Waals surface area contributed by atoms with E-state index < -0.39 is 0 Å². The maximum atomic E-state index is 5.42. The molecule has 4 heteroatoms. The second-order valence-corrected chi connectivity index (χ2v) is 3.94. The highest BCUT2D eigenvalue weighted by atomic mass is 32.1. The van der Waals surface area contributed by atoms with Gasteiger partial charge in [-0.15, -0.1) is 11.3 Å². The van der Waals surface area contributed by atoms with Crippen LogP contribution in [0.25, 0.3) is 4.96 Å². The Bertz CT molecular complexity index is 348. The summed E-state index contributed by atoms with van der Waals surface area (Å²) in [5.41, 5.74) is 6.61. The number of hydrogen-bond donors (Lipinski definition) is 1. The molecular weight excluding hydrogens is 182 g/mol. The molecule has 2 heterocycles. The van der Waals surface area contributed by atoms with E-state index in [1.165, 1.54) is 5.69 Å². The molecule has 0 aliphatic heterocycles. The molecule has 0 bridgehead atoms. The first-order chi connectivity index (χ1) is 6.40. The number of fused-ring (bicyclic) bond motifs is 1. The van der Waals surface area contributed by atoms with Crippen LogP contribution in [0.5, 0.6) is 0 Å². The van der Waals surface area contributed by atoms with Crippen molar-refractivity contribution in [3.63, 3.8) is 0 Å². The van der Waals surface area contributed by atoms with Crippen molar-refractivity contribution < 1.29 is 0 Å². The molecule has 0 aromatic carbocycles. The number of unbranched alkanes of at least 4 members (excludes halogenated alkanes) is 1. The lowest BCUT2D eigenvalue weighted by Crippen LogP contribution is -1.98. The van der Waals surface area contributed by atoms with Gasteiger partial charge in [0.25, 0.3) is 0 Å². The van der Waals surface area contributed by atoms with Gasteiger partial charge >= 0.3 is 0 Å². The molecule has 0 saturated carbocycles. The van der Waals surface area contributed by atoms with Gasteiger partial charge in [-0.1, -0.05) is 0 Å². The Hall–Kier alpha value is -0.870. The van der Waals surface area contributed by atoms with Crippen molar-refractivity contribution >= 4 is 16.3 Å². The SMILES string of the molecule is NCCCCc1cn2ccsc2n1. The van der Waals surface area contributed by atoms with E-state index in [0.29, 0.717) is 0 Å². The highest BCUT2D eigenvalue weighted by Gasteiger charge is 2.00. The van der Waals surface area contributed by atoms with Crippen LogP contribution in [0.15, 0.2) is 17.8 Å². The molecule has 0 radical (unpaired) electrons. The fraction of sp³-hybridized carbons (Fsp3) is 0.444. The molecule has 0 amide bonds. The van der Waals surface area contributed by atoms with E-state index in [1.54, 1.807) is 11.3 Å². The summed E-state index contributed by atoms with van der Waals surface area (Å²) in [7, 11) is 0. The van der Waals surface area contributed by atoms with Gasteiger partial charge in [0.15, 0.2) is 4.96 Å². The molecule has 0 aliphatic carbocycles. The van der Waals surface area contributed by atoms with E-state index in [0.717, 1.165) is 30.8 Å². The Morgan fingerprint density at radius 2 is 2.38 bits per heavy atom. The number of aryl methyl sites for hydroxylation is 1. The van der Waals surface area contributed by atoms with E-state index in [1.807, 2.05) is 11.6 Å². The molecule has 2 aromatic heterocycles. The highest BCUT2D eigenvalue weighted by Crippen LogP contribution is 2.12. The van der Waals surface area contributed by atoms with E-state index in [4.69, 9.17) is 5.73 Å². The van der Waals surface area contributed by atoms with Gasteiger partial charge in [0.1, 0.15) is 0 Å². The number of imidazole rings is 1. The van der Waals surface area contributed by atoms with E-state index in [9.17, 15) is 0 Å². The zero-order valence-corrected chi connectivity index (χ0v) is 8.26. The molecule has 0 aliphatic rings. The Morgan fingerprint density at radius 1 is 1.46 bits per heavy atom.